The number of phosphoric ester groups is 1. The Morgan fingerprint density at radius 1 is 0.621 bits per heavy atom. The van der Waals surface area contributed by atoms with E-state index in [0.717, 1.165) is 50.7 Å². The number of hydrogen-bond donors (Lipinski definition) is 4. The maximum atomic E-state index is 12.8. The number of phosphoric acid groups is 1. The lowest BCUT2D eigenvalue weighted by Crippen LogP contribution is -2.36. The normalized spacial score (nSPS) is 18.0. The molecule has 66 heavy (non-hydrogen) atoms. The van der Waals surface area contributed by atoms with Crippen molar-refractivity contribution in [2.75, 3.05) is 32.1 Å². The smallest absolute Gasteiger partial charge is 0.462 e. The highest BCUT2D eigenvalue weighted by Crippen LogP contribution is 2.43. The molecule has 2 heterocycles. The van der Waals surface area contributed by atoms with Gasteiger partial charge in [0.15, 0.2) is 6.10 Å². The highest BCUT2D eigenvalue weighted by molar-refractivity contribution is 8.00. The van der Waals surface area contributed by atoms with Crippen molar-refractivity contribution in [3.05, 3.63) is 0 Å². The summed E-state index contributed by atoms with van der Waals surface area (Å²) in [5.74, 6) is -0.169. The number of amides is 3. The lowest BCUT2D eigenvalue weighted by molar-refractivity contribution is -0.161. The second kappa shape index (κ2) is 41.0. The van der Waals surface area contributed by atoms with Gasteiger partial charge in [-0.15, -0.1) is 0 Å². The summed E-state index contributed by atoms with van der Waals surface area (Å²) in [6.45, 7) is 3.49. The second-order valence-corrected chi connectivity index (χ2v) is 21.7. The molecule has 0 aromatic carbocycles. The largest absolute Gasteiger partial charge is 0.472 e. The van der Waals surface area contributed by atoms with Gasteiger partial charge in [0.25, 0.3) is 0 Å². The van der Waals surface area contributed by atoms with Crippen LogP contribution in [0.2, 0.25) is 0 Å². The van der Waals surface area contributed by atoms with Crippen LogP contribution >= 0.6 is 19.6 Å². The molecule has 15 heteroatoms. The average molecular weight is 974 g/mol. The molecule has 1 unspecified atom stereocenters. The molecule has 2 saturated heterocycles. The number of urea groups is 1. The fourth-order valence-electron chi connectivity index (χ4n) is 8.83. The Balaban J connectivity index is 1.62. The van der Waals surface area contributed by atoms with Crippen LogP contribution in [-0.4, -0.2) is 84.3 Å². The number of ether oxygens (including phenoxy) is 2. The molecule has 13 nitrogen and oxygen atoms in total. The maximum absolute atomic E-state index is 12.8. The van der Waals surface area contributed by atoms with E-state index in [1.807, 2.05) is 11.8 Å². The van der Waals surface area contributed by atoms with Gasteiger partial charge in [-0.1, -0.05) is 200 Å². The molecule has 2 rings (SSSR count). The number of carbonyl (C=O) groups excluding carboxylic acids is 4. The van der Waals surface area contributed by atoms with E-state index >= 15 is 0 Å². The molecule has 5 atom stereocenters. The molecule has 0 aliphatic carbocycles. The molecule has 0 bridgehead atoms. The van der Waals surface area contributed by atoms with Crippen LogP contribution in [0.4, 0.5) is 4.79 Å². The first-order valence-electron chi connectivity index (χ1n) is 27.1. The van der Waals surface area contributed by atoms with Crippen LogP contribution in [0.3, 0.4) is 0 Å². The van der Waals surface area contributed by atoms with Crippen LogP contribution in [0.5, 0.6) is 0 Å². The van der Waals surface area contributed by atoms with Crippen LogP contribution < -0.4 is 16.0 Å². The molecule has 0 aromatic rings. The first kappa shape index (κ1) is 60.3. The summed E-state index contributed by atoms with van der Waals surface area (Å²) in [6.07, 6.45) is 39.0. The topological polar surface area (TPSA) is 179 Å². The van der Waals surface area contributed by atoms with Crippen molar-refractivity contribution < 1.29 is 47.2 Å². The van der Waals surface area contributed by atoms with Gasteiger partial charge in [-0.05, 0) is 25.7 Å². The van der Waals surface area contributed by atoms with Crippen LogP contribution in [-0.2, 0) is 37.5 Å². The molecular weight excluding hydrogens is 878 g/mol. The van der Waals surface area contributed by atoms with E-state index in [2.05, 4.69) is 29.8 Å². The molecule has 2 fully saturated rings. The standard InChI is InChI=1S/C51H96N3O10PS/c1-3-5-7-9-11-13-15-17-19-21-23-25-27-29-31-37-48(56)61-41-44(64-49(57)38-32-30-28-26-24-22-20-18-16-14-12-10-8-6-4-2)42-63-65(59,60)62-40-39-52-47(55)36-34-33-35-46-50-45(43-66-46)53-51(58)54-50/h44-46,50H,3-43H2,1-2H3,(H,52,55)(H,59,60)(H2,53,54,58)/t44-,45-,46-,50-/m1/s1. The zero-order valence-electron chi connectivity index (χ0n) is 41.8. The predicted molar refractivity (Wildman–Crippen MR) is 269 cm³/mol. The highest BCUT2D eigenvalue weighted by atomic mass is 32.2. The summed E-state index contributed by atoms with van der Waals surface area (Å²) >= 11 is 1.84. The second-order valence-electron chi connectivity index (χ2n) is 19.0. The van der Waals surface area contributed by atoms with Crippen LogP contribution in [0, 0.1) is 0 Å². The lowest BCUT2D eigenvalue weighted by Gasteiger charge is -2.20. The van der Waals surface area contributed by atoms with Crippen LogP contribution in [0.15, 0.2) is 0 Å². The van der Waals surface area contributed by atoms with Gasteiger partial charge >= 0.3 is 25.8 Å². The number of nitrogens with one attached hydrogen (secondary N) is 3. The summed E-state index contributed by atoms with van der Waals surface area (Å²) in [5, 5.41) is 8.95. The Labute approximate surface area is 405 Å². The number of fused-ring (bicyclic) bond motifs is 1. The van der Waals surface area contributed by atoms with E-state index in [1.165, 1.54) is 148 Å². The first-order valence-corrected chi connectivity index (χ1v) is 29.6. The van der Waals surface area contributed by atoms with E-state index in [0.29, 0.717) is 30.9 Å². The SMILES string of the molecule is CCCCCCCCCCCCCCCCCC(=O)OC[C@H](COP(=O)(O)OCCNC(=O)CCCC[C@H]1SC[C@H]2NC(=O)N[C@H]21)OC(=O)CCCCCCCCCCCCCCCCC. The van der Waals surface area contributed by atoms with Gasteiger partial charge in [-0.2, -0.15) is 11.8 Å². The highest BCUT2D eigenvalue weighted by Gasteiger charge is 2.42. The molecule has 0 spiro atoms. The minimum Gasteiger partial charge on any atom is -0.462 e. The van der Waals surface area contributed by atoms with Crippen molar-refractivity contribution >= 4 is 43.5 Å². The monoisotopic (exact) mass is 974 g/mol. The van der Waals surface area contributed by atoms with Crippen molar-refractivity contribution in [2.24, 2.45) is 0 Å². The molecule has 2 aliphatic heterocycles. The third-order valence-electron chi connectivity index (χ3n) is 12.9. The Kier molecular flexibility index (Phi) is 37.4. The third kappa shape index (κ3) is 33.6. The van der Waals surface area contributed by atoms with Crippen molar-refractivity contribution in [2.45, 2.75) is 268 Å². The number of thioether (sulfide) groups is 1. The van der Waals surface area contributed by atoms with E-state index in [4.69, 9.17) is 18.5 Å². The minimum atomic E-state index is -4.57. The van der Waals surface area contributed by atoms with Crippen LogP contribution in [0.1, 0.15) is 245 Å². The van der Waals surface area contributed by atoms with Crippen molar-refractivity contribution in [3.8, 4) is 0 Å². The fourth-order valence-corrected chi connectivity index (χ4v) is 11.1. The Hall–Kier alpha value is -1.86. The van der Waals surface area contributed by atoms with Gasteiger partial charge < -0.3 is 30.3 Å². The molecule has 386 valence electrons. The third-order valence-corrected chi connectivity index (χ3v) is 15.4. The summed E-state index contributed by atoms with van der Waals surface area (Å²) in [4.78, 5) is 59.8. The molecular formula is C51H96N3O10PS. The average Bonchev–Trinajstić information content (AvgIpc) is 3.86. The number of rotatable bonds is 47. The van der Waals surface area contributed by atoms with Gasteiger partial charge in [0.05, 0.1) is 25.3 Å². The van der Waals surface area contributed by atoms with E-state index in [1.54, 1.807) is 0 Å². The lowest BCUT2D eigenvalue weighted by atomic mass is 10.0. The molecule has 0 saturated carbocycles. The Morgan fingerprint density at radius 2 is 1.08 bits per heavy atom. The number of carbonyl (C=O) groups is 4. The zero-order chi connectivity index (χ0) is 47.8. The van der Waals surface area contributed by atoms with Crippen molar-refractivity contribution in [3.63, 3.8) is 0 Å². The van der Waals surface area contributed by atoms with Crippen molar-refractivity contribution in [1.29, 1.82) is 0 Å². The molecule has 0 radical (unpaired) electrons. The quantitative estimate of drug-likeness (QED) is 0.0197. The predicted octanol–water partition coefficient (Wildman–Crippen LogP) is 12.9. The summed E-state index contributed by atoms with van der Waals surface area (Å²) in [5.41, 5.74) is 0. The zero-order valence-corrected chi connectivity index (χ0v) is 43.5. The number of unbranched alkanes of at least 4 members (excludes halogenated alkanes) is 29. The molecule has 3 amide bonds. The first-order chi connectivity index (χ1) is 32.1. The van der Waals surface area contributed by atoms with Gasteiger partial charge in [0.1, 0.15) is 6.61 Å². The fraction of sp³-hybridized carbons (Fsp3) is 0.922. The van der Waals surface area contributed by atoms with Gasteiger partial charge in [-0.25, -0.2) is 9.36 Å². The Morgan fingerprint density at radius 3 is 1.58 bits per heavy atom. The van der Waals surface area contributed by atoms with E-state index in [-0.39, 0.29) is 56.6 Å². The van der Waals surface area contributed by atoms with Gasteiger partial charge in [0.2, 0.25) is 5.91 Å². The van der Waals surface area contributed by atoms with Gasteiger partial charge in [0, 0.05) is 36.8 Å². The van der Waals surface area contributed by atoms with Crippen LogP contribution in [0.25, 0.3) is 0 Å². The minimum absolute atomic E-state index is 0.0151. The summed E-state index contributed by atoms with van der Waals surface area (Å²) in [6, 6.07) is 0.201. The summed E-state index contributed by atoms with van der Waals surface area (Å²) < 4.78 is 34.1. The molecule has 0 aromatic heterocycles. The number of esters is 2. The van der Waals surface area contributed by atoms with Gasteiger partial charge in [-0.3, -0.25) is 23.4 Å². The molecule has 2 aliphatic rings. The number of hydrogen-bond acceptors (Lipinski definition) is 10. The van der Waals surface area contributed by atoms with Crippen molar-refractivity contribution in [1.82, 2.24) is 16.0 Å². The van der Waals surface area contributed by atoms with E-state index in [9.17, 15) is 28.6 Å². The summed E-state index contributed by atoms with van der Waals surface area (Å²) in [7, 11) is -4.57. The van der Waals surface area contributed by atoms with E-state index < -0.39 is 32.5 Å². The Bertz CT molecular complexity index is 1300. The molecule has 4 N–H and O–H groups in total. The maximum Gasteiger partial charge on any atom is 0.472 e.